The van der Waals surface area contributed by atoms with Gasteiger partial charge in [0.2, 0.25) is 11.8 Å². The number of ether oxygens (including phenoxy) is 1. The molecule has 9 nitrogen and oxygen atoms in total. The Labute approximate surface area is 180 Å². The van der Waals surface area contributed by atoms with Crippen LogP contribution in [0.4, 0.5) is 11.4 Å². The summed E-state index contributed by atoms with van der Waals surface area (Å²) >= 11 is 0. The van der Waals surface area contributed by atoms with Gasteiger partial charge >= 0.3 is 0 Å². The highest BCUT2D eigenvalue weighted by atomic mass is 32.2. The monoisotopic (exact) mass is 442 g/mol. The molecule has 4 rings (SSSR count). The van der Waals surface area contributed by atoms with Gasteiger partial charge in [-0.05, 0) is 37.6 Å². The maximum atomic E-state index is 12.7. The summed E-state index contributed by atoms with van der Waals surface area (Å²) in [5.74, 6) is 0.241. The lowest BCUT2D eigenvalue weighted by Gasteiger charge is -2.20. The fourth-order valence-corrected chi connectivity index (χ4v) is 4.85. The molecule has 1 saturated heterocycles. The van der Waals surface area contributed by atoms with Crippen LogP contribution < -0.4 is 19.7 Å². The Bertz CT molecular complexity index is 1190. The van der Waals surface area contributed by atoms with Crippen molar-refractivity contribution in [3.8, 4) is 5.75 Å². The minimum absolute atomic E-state index is 0.0406. The number of benzene rings is 2. The fourth-order valence-electron chi connectivity index (χ4n) is 3.61. The van der Waals surface area contributed by atoms with E-state index < -0.39 is 22.0 Å². The first-order chi connectivity index (χ1) is 14.8. The molecule has 2 aliphatic rings. The van der Waals surface area contributed by atoms with E-state index in [0.717, 1.165) is 6.42 Å². The lowest BCUT2D eigenvalue weighted by molar-refractivity contribution is -0.117. The van der Waals surface area contributed by atoms with Gasteiger partial charge in [-0.1, -0.05) is 12.1 Å². The lowest BCUT2D eigenvalue weighted by Crippen LogP contribution is -2.29. The number of carbonyl (C=O) groups is 2. The van der Waals surface area contributed by atoms with Crippen molar-refractivity contribution in [2.24, 2.45) is 4.99 Å². The summed E-state index contributed by atoms with van der Waals surface area (Å²) in [5, 5.41) is 2.76. The van der Waals surface area contributed by atoms with Crippen molar-refractivity contribution < 1.29 is 22.7 Å². The van der Waals surface area contributed by atoms with Crippen molar-refractivity contribution >= 4 is 39.0 Å². The fraction of sp³-hybridized carbons (Fsp3) is 0.286. The molecule has 2 N–H and O–H groups in total. The Kier molecular flexibility index (Phi) is 5.40. The smallest absolute Gasteiger partial charge is 0.263 e. The van der Waals surface area contributed by atoms with Gasteiger partial charge in [-0.15, -0.1) is 0 Å². The average Bonchev–Trinajstić information content (AvgIpc) is 3.28. The first-order valence-corrected chi connectivity index (χ1v) is 11.3. The number of carbonyl (C=O) groups excluding carboxylic acids is 2. The van der Waals surface area contributed by atoms with Crippen molar-refractivity contribution in [1.82, 2.24) is 4.72 Å². The second-order valence-corrected chi connectivity index (χ2v) is 8.93. The molecular weight excluding hydrogens is 420 g/mol. The van der Waals surface area contributed by atoms with E-state index >= 15 is 0 Å². The van der Waals surface area contributed by atoms with E-state index in [4.69, 9.17) is 4.74 Å². The van der Waals surface area contributed by atoms with E-state index in [1.165, 1.54) is 13.2 Å². The molecule has 1 atom stereocenters. The van der Waals surface area contributed by atoms with E-state index in [9.17, 15) is 18.0 Å². The summed E-state index contributed by atoms with van der Waals surface area (Å²) in [5.41, 5.74) is 1.58. The molecule has 0 unspecified atom stereocenters. The first kappa shape index (κ1) is 20.9. The van der Waals surface area contributed by atoms with Gasteiger partial charge in [0.05, 0.1) is 17.7 Å². The molecule has 2 aromatic rings. The minimum Gasteiger partial charge on any atom is -0.494 e. The molecular formula is C21H22N4O5S. The number of rotatable bonds is 5. The van der Waals surface area contributed by atoms with Crippen LogP contribution in [0.25, 0.3) is 0 Å². The van der Waals surface area contributed by atoms with Gasteiger partial charge in [-0.3, -0.25) is 19.3 Å². The Balaban J connectivity index is 1.52. The predicted octanol–water partition coefficient (Wildman–Crippen LogP) is 1.89. The summed E-state index contributed by atoms with van der Waals surface area (Å²) in [4.78, 5) is 30.8. The van der Waals surface area contributed by atoms with Crippen LogP contribution in [0.1, 0.15) is 25.3 Å². The zero-order chi connectivity index (χ0) is 22.2. The molecule has 0 radical (unpaired) electrons. The lowest BCUT2D eigenvalue weighted by atomic mass is 10.2. The standard InChI is InChI=1S/C21H22N4O5S/c1-13(22-20-15-6-3-4-7-18(15)31(28,29)24-20)21(27)23-14-9-10-16(17(12-14)30-2)25-11-5-8-19(25)26/h3-4,6-7,9-10,12-13H,5,8,11H2,1-2H3,(H,22,24)(H,23,27)/t13-/m0/s1. The van der Waals surface area contributed by atoms with Crippen LogP contribution in [-0.4, -0.2) is 45.8 Å². The van der Waals surface area contributed by atoms with E-state index in [1.54, 1.807) is 48.2 Å². The van der Waals surface area contributed by atoms with Gasteiger partial charge in [0, 0.05) is 30.3 Å². The summed E-state index contributed by atoms with van der Waals surface area (Å²) < 4.78 is 32.2. The molecule has 0 spiro atoms. The number of sulfonamides is 1. The molecule has 2 amide bonds. The van der Waals surface area contributed by atoms with Crippen molar-refractivity contribution in [3.05, 3.63) is 48.0 Å². The van der Waals surface area contributed by atoms with Crippen molar-refractivity contribution in [2.75, 3.05) is 23.9 Å². The molecule has 2 aromatic carbocycles. The number of amides is 2. The van der Waals surface area contributed by atoms with Crippen LogP contribution in [-0.2, 0) is 19.6 Å². The first-order valence-electron chi connectivity index (χ1n) is 9.79. The molecule has 10 heteroatoms. The number of hydrogen-bond donors (Lipinski definition) is 2. The zero-order valence-electron chi connectivity index (χ0n) is 17.1. The quantitative estimate of drug-likeness (QED) is 0.733. The molecule has 2 heterocycles. The highest BCUT2D eigenvalue weighted by Crippen LogP contribution is 2.34. The van der Waals surface area contributed by atoms with Crippen molar-refractivity contribution in [3.63, 3.8) is 0 Å². The predicted molar refractivity (Wildman–Crippen MR) is 116 cm³/mol. The largest absolute Gasteiger partial charge is 0.494 e. The number of nitrogens with zero attached hydrogens (tertiary/aromatic N) is 2. The summed E-state index contributed by atoms with van der Waals surface area (Å²) in [6.07, 6.45) is 1.30. The molecule has 0 aliphatic carbocycles. The zero-order valence-corrected chi connectivity index (χ0v) is 17.9. The minimum atomic E-state index is -3.67. The van der Waals surface area contributed by atoms with Gasteiger partial charge in [-0.25, -0.2) is 8.42 Å². The SMILES string of the molecule is COc1cc(NC(=O)[C@H](C)N=C2NS(=O)(=O)c3ccccc32)ccc1N1CCCC1=O. The number of fused-ring (bicyclic) bond motifs is 1. The number of nitrogens with one attached hydrogen (secondary N) is 2. The van der Waals surface area contributed by atoms with Crippen LogP contribution in [0.5, 0.6) is 5.75 Å². The third kappa shape index (κ3) is 3.98. The molecule has 31 heavy (non-hydrogen) atoms. The molecule has 0 aromatic heterocycles. The number of amidine groups is 1. The maximum absolute atomic E-state index is 12.7. The van der Waals surface area contributed by atoms with E-state index in [-0.39, 0.29) is 16.6 Å². The van der Waals surface area contributed by atoms with Crippen molar-refractivity contribution in [2.45, 2.75) is 30.7 Å². The number of hydrogen-bond acceptors (Lipinski definition) is 6. The average molecular weight is 442 g/mol. The van der Waals surface area contributed by atoms with E-state index in [0.29, 0.717) is 35.7 Å². The number of aliphatic imine (C=N–C) groups is 1. The summed E-state index contributed by atoms with van der Waals surface area (Å²) in [6.45, 7) is 2.21. The second kappa shape index (κ2) is 8.03. The molecule has 162 valence electrons. The Hall–Kier alpha value is -3.40. The summed E-state index contributed by atoms with van der Waals surface area (Å²) in [6, 6.07) is 10.7. The van der Waals surface area contributed by atoms with E-state index in [1.807, 2.05) is 0 Å². The summed E-state index contributed by atoms with van der Waals surface area (Å²) in [7, 11) is -2.17. The van der Waals surface area contributed by atoms with Gasteiger partial charge in [-0.2, -0.15) is 0 Å². The molecule has 0 saturated carbocycles. The van der Waals surface area contributed by atoms with Crippen LogP contribution in [0.15, 0.2) is 52.4 Å². The highest BCUT2D eigenvalue weighted by Gasteiger charge is 2.31. The topological polar surface area (TPSA) is 117 Å². The third-order valence-corrected chi connectivity index (χ3v) is 6.57. The van der Waals surface area contributed by atoms with Crippen molar-refractivity contribution in [1.29, 1.82) is 0 Å². The van der Waals surface area contributed by atoms with Crippen LogP contribution in [0.3, 0.4) is 0 Å². The molecule has 1 fully saturated rings. The Morgan fingerprint density at radius 2 is 2.03 bits per heavy atom. The Morgan fingerprint density at radius 3 is 2.74 bits per heavy atom. The number of methoxy groups -OCH3 is 1. The number of anilines is 2. The Morgan fingerprint density at radius 1 is 1.26 bits per heavy atom. The van der Waals surface area contributed by atoms with Crippen LogP contribution in [0, 0.1) is 0 Å². The second-order valence-electron chi connectivity index (χ2n) is 7.28. The third-order valence-electron chi connectivity index (χ3n) is 5.18. The normalized spacial score (nSPS) is 19.1. The van der Waals surface area contributed by atoms with E-state index in [2.05, 4.69) is 15.0 Å². The molecule has 2 aliphatic heterocycles. The highest BCUT2D eigenvalue weighted by molar-refractivity contribution is 7.90. The van der Waals surface area contributed by atoms with Crippen LogP contribution >= 0.6 is 0 Å². The molecule has 0 bridgehead atoms. The van der Waals surface area contributed by atoms with Gasteiger partial charge in [0.15, 0.2) is 0 Å². The maximum Gasteiger partial charge on any atom is 0.263 e. The van der Waals surface area contributed by atoms with Gasteiger partial charge < -0.3 is 15.0 Å². The van der Waals surface area contributed by atoms with Gasteiger partial charge in [0.25, 0.3) is 10.0 Å². The van der Waals surface area contributed by atoms with Gasteiger partial charge in [0.1, 0.15) is 17.6 Å². The van der Waals surface area contributed by atoms with Crippen LogP contribution in [0.2, 0.25) is 0 Å².